The number of hydrogen-bond donors (Lipinski definition) is 2. The first kappa shape index (κ1) is 11.0. The molecule has 1 aromatic rings. The normalized spacial score (nSPS) is 12.5. The maximum atomic E-state index is 5.70. The fraction of sp³-hybridized carbons (Fsp3) is 0.455. The Kier molecular flexibility index (Phi) is 4.43. The number of likely N-dealkylation sites (N-methyl/N-ethyl adjacent to an activating group) is 1. The molecule has 3 N–H and O–H groups in total. The molecule has 0 aliphatic heterocycles. The number of para-hydroxylation sites is 1. The highest BCUT2D eigenvalue weighted by Crippen LogP contribution is 2.23. The second kappa shape index (κ2) is 5.62. The van der Waals surface area contributed by atoms with Crippen molar-refractivity contribution in [2.45, 2.75) is 13.0 Å². The Labute approximate surface area is 85.3 Å². The summed E-state index contributed by atoms with van der Waals surface area (Å²) in [7, 11) is 1.68. The molecule has 0 spiro atoms. The molecule has 0 saturated carbocycles. The van der Waals surface area contributed by atoms with Crippen molar-refractivity contribution >= 4 is 0 Å². The molecule has 0 amide bonds. The topological polar surface area (TPSA) is 47.3 Å². The van der Waals surface area contributed by atoms with Crippen molar-refractivity contribution in [3.05, 3.63) is 29.8 Å². The van der Waals surface area contributed by atoms with Gasteiger partial charge in [0.15, 0.2) is 0 Å². The third-order valence-corrected chi connectivity index (χ3v) is 2.20. The Morgan fingerprint density at radius 3 is 2.71 bits per heavy atom. The SMILES string of the molecule is CCNC(CN)c1ccccc1OC. The molecule has 1 rings (SSSR count). The minimum Gasteiger partial charge on any atom is -0.496 e. The lowest BCUT2D eigenvalue weighted by molar-refractivity contribution is 0.400. The number of benzene rings is 1. The number of hydrogen-bond acceptors (Lipinski definition) is 3. The Hall–Kier alpha value is -1.06. The number of rotatable bonds is 5. The molecule has 78 valence electrons. The van der Waals surface area contributed by atoms with Gasteiger partial charge in [0.1, 0.15) is 5.75 Å². The van der Waals surface area contributed by atoms with Crippen LogP contribution in [0.25, 0.3) is 0 Å². The average Bonchev–Trinajstić information content (AvgIpc) is 2.26. The molecule has 0 aromatic heterocycles. The highest BCUT2D eigenvalue weighted by molar-refractivity contribution is 5.36. The summed E-state index contributed by atoms with van der Waals surface area (Å²) in [6.45, 7) is 3.55. The summed E-state index contributed by atoms with van der Waals surface area (Å²) < 4.78 is 5.28. The molecule has 0 fully saturated rings. The number of methoxy groups -OCH3 is 1. The van der Waals surface area contributed by atoms with Gasteiger partial charge in [-0.3, -0.25) is 0 Å². The van der Waals surface area contributed by atoms with E-state index < -0.39 is 0 Å². The molecule has 3 nitrogen and oxygen atoms in total. The summed E-state index contributed by atoms with van der Waals surface area (Å²) in [4.78, 5) is 0. The van der Waals surface area contributed by atoms with E-state index in [1.165, 1.54) is 0 Å². The lowest BCUT2D eigenvalue weighted by atomic mass is 10.1. The lowest BCUT2D eigenvalue weighted by Gasteiger charge is -2.18. The van der Waals surface area contributed by atoms with Crippen molar-refractivity contribution in [3.63, 3.8) is 0 Å². The molecule has 0 aliphatic rings. The van der Waals surface area contributed by atoms with Gasteiger partial charge >= 0.3 is 0 Å². The molecule has 0 bridgehead atoms. The molecule has 1 unspecified atom stereocenters. The van der Waals surface area contributed by atoms with Gasteiger partial charge in [-0.15, -0.1) is 0 Å². The summed E-state index contributed by atoms with van der Waals surface area (Å²) in [6, 6.07) is 8.13. The Balaban J connectivity index is 2.90. The second-order valence-corrected chi connectivity index (χ2v) is 3.09. The van der Waals surface area contributed by atoms with E-state index in [-0.39, 0.29) is 6.04 Å². The van der Waals surface area contributed by atoms with Crippen LogP contribution in [0, 0.1) is 0 Å². The predicted octanol–water partition coefficient (Wildman–Crippen LogP) is 1.30. The molecular weight excluding hydrogens is 176 g/mol. The van der Waals surface area contributed by atoms with Crippen LogP contribution in [0.2, 0.25) is 0 Å². The minimum absolute atomic E-state index is 0.177. The van der Waals surface area contributed by atoms with Gasteiger partial charge in [-0.05, 0) is 12.6 Å². The molecule has 14 heavy (non-hydrogen) atoms. The van der Waals surface area contributed by atoms with Crippen molar-refractivity contribution in [1.29, 1.82) is 0 Å². The van der Waals surface area contributed by atoms with Crippen molar-refractivity contribution in [1.82, 2.24) is 5.32 Å². The van der Waals surface area contributed by atoms with Gasteiger partial charge in [0.2, 0.25) is 0 Å². The molecule has 1 atom stereocenters. The molecule has 0 saturated heterocycles. The third-order valence-electron chi connectivity index (χ3n) is 2.20. The van der Waals surface area contributed by atoms with E-state index in [9.17, 15) is 0 Å². The lowest BCUT2D eigenvalue weighted by Crippen LogP contribution is -2.28. The molecule has 0 heterocycles. The molecule has 0 radical (unpaired) electrons. The zero-order valence-electron chi connectivity index (χ0n) is 8.79. The fourth-order valence-corrected chi connectivity index (χ4v) is 1.52. The molecule has 3 heteroatoms. The standard InChI is InChI=1S/C11H18N2O/c1-3-13-10(8-12)9-6-4-5-7-11(9)14-2/h4-7,10,13H,3,8,12H2,1-2H3. The van der Waals surface area contributed by atoms with Crippen LogP contribution >= 0.6 is 0 Å². The van der Waals surface area contributed by atoms with Crippen LogP contribution in [0.15, 0.2) is 24.3 Å². The van der Waals surface area contributed by atoms with E-state index in [2.05, 4.69) is 12.2 Å². The van der Waals surface area contributed by atoms with Crippen LogP contribution in [0.4, 0.5) is 0 Å². The zero-order valence-corrected chi connectivity index (χ0v) is 8.79. The first-order valence-electron chi connectivity index (χ1n) is 4.89. The fourth-order valence-electron chi connectivity index (χ4n) is 1.52. The van der Waals surface area contributed by atoms with E-state index in [0.29, 0.717) is 6.54 Å². The number of ether oxygens (including phenoxy) is 1. The van der Waals surface area contributed by atoms with Crippen LogP contribution in [0.1, 0.15) is 18.5 Å². The quantitative estimate of drug-likeness (QED) is 0.743. The maximum absolute atomic E-state index is 5.70. The van der Waals surface area contributed by atoms with Crippen molar-refractivity contribution < 1.29 is 4.74 Å². The van der Waals surface area contributed by atoms with Gasteiger partial charge in [-0.1, -0.05) is 25.1 Å². The van der Waals surface area contributed by atoms with Crippen LogP contribution in [0.5, 0.6) is 5.75 Å². The van der Waals surface area contributed by atoms with E-state index >= 15 is 0 Å². The van der Waals surface area contributed by atoms with E-state index in [1.807, 2.05) is 24.3 Å². The number of nitrogens with two attached hydrogens (primary N) is 1. The first-order valence-corrected chi connectivity index (χ1v) is 4.89. The predicted molar refractivity (Wildman–Crippen MR) is 58.5 cm³/mol. The summed E-state index contributed by atoms with van der Waals surface area (Å²) in [5.74, 6) is 0.893. The zero-order chi connectivity index (χ0) is 10.4. The summed E-state index contributed by atoms with van der Waals surface area (Å²) in [5.41, 5.74) is 6.82. The van der Waals surface area contributed by atoms with E-state index in [4.69, 9.17) is 10.5 Å². The second-order valence-electron chi connectivity index (χ2n) is 3.09. The van der Waals surface area contributed by atoms with Crippen molar-refractivity contribution in [2.24, 2.45) is 5.73 Å². The highest BCUT2D eigenvalue weighted by Gasteiger charge is 2.12. The minimum atomic E-state index is 0.177. The summed E-state index contributed by atoms with van der Waals surface area (Å²) >= 11 is 0. The van der Waals surface area contributed by atoms with Gasteiger partial charge in [0.05, 0.1) is 7.11 Å². The smallest absolute Gasteiger partial charge is 0.123 e. The number of nitrogens with one attached hydrogen (secondary N) is 1. The largest absolute Gasteiger partial charge is 0.496 e. The average molecular weight is 194 g/mol. The summed E-state index contributed by atoms with van der Waals surface area (Å²) in [6.07, 6.45) is 0. The van der Waals surface area contributed by atoms with Gasteiger partial charge < -0.3 is 15.8 Å². The van der Waals surface area contributed by atoms with Crippen LogP contribution in [0.3, 0.4) is 0 Å². The first-order chi connectivity index (χ1) is 6.83. The van der Waals surface area contributed by atoms with Gasteiger partial charge in [0.25, 0.3) is 0 Å². The van der Waals surface area contributed by atoms with Crippen molar-refractivity contribution in [3.8, 4) is 5.75 Å². The maximum Gasteiger partial charge on any atom is 0.123 e. The molecule has 1 aromatic carbocycles. The third kappa shape index (κ3) is 2.47. The van der Waals surface area contributed by atoms with Crippen LogP contribution in [-0.4, -0.2) is 20.2 Å². The highest BCUT2D eigenvalue weighted by atomic mass is 16.5. The van der Waals surface area contributed by atoms with E-state index in [0.717, 1.165) is 17.9 Å². The molecular formula is C11H18N2O. The van der Waals surface area contributed by atoms with Crippen molar-refractivity contribution in [2.75, 3.05) is 20.2 Å². The Morgan fingerprint density at radius 1 is 1.43 bits per heavy atom. The van der Waals surface area contributed by atoms with Gasteiger partial charge in [-0.25, -0.2) is 0 Å². The Bertz CT molecular complexity index is 276. The van der Waals surface area contributed by atoms with Gasteiger partial charge in [-0.2, -0.15) is 0 Å². The monoisotopic (exact) mass is 194 g/mol. The summed E-state index contributed by atoms with van der Waals surface area (Å²) in [5, 5.41) is 3.32. The van der Waals surface area contributed by atoms with Gasteiger partial charge in [0, 0.05) is 18.2 Å². The van der Waals surface area contributed by atoms with Crippen LogP contribution < -0.4 is 15.8 Å². The Morgan fingerprint density at radius 2 is 2.14 bits per heavy atom. The van der Waals surface area contributed by atoms with E-state index in [1.54, 1.807) is 7.11 Å². The molecule has 0 aliphatic carbocycles. The van der Waals surface area contributed by atoms with Crippen LogP contribution in [-0.2, 0) is 0 Å².